The first-order valence-corrected chi connectivity index (χ1v) is 11.9. The summed E-state index contributed by atoms with van der Waals surface area (Å²) in [5, 5.41) is 5.65. The van der Waals surface area contributed by atoms with Crippen LogP contribution in [-0.4, -0.2) is 35.3 Å². The fraction of sp³-hybridized carbons (Fsp3) is 0.310. The molecule has 0 saturated carbocycles. The van der Waals surface area contributed by atoms with Crippen molar-refractivity contribution in [3.05, 3.63) is 90.0 Å². The molecule has 2 amide bonds. The molecule has 1 fully saturated rings. The molecule has 0 radical (unpaired) electrons. The van der Waals surface area contributed by atoms with E-state index in [1.807, 2.05) is 23.1 Å². The van der Waals surface area contributed by atoms with Crippen molar-refractivity contribution in [3.63, 3.8) is 0 Å². The third-order valence-electron chi connectivity index (χ3n) is 7.12. The van der Waals surface area contributed by atoms with E-state index in [1.54, 1.807) is 0 Å². The van der Waals surface area contributed by atoms with Crippen LogP contribution in [0, 0.1) is 0 Å². The Balaban J connectivity index is 1.24. The van der Waals surface area contributed by atoms with Gasteiger partial charge in [-0.2, -0.15) is 0 Å². The second kappa shape index (κ2) is 9.22. The van der Waals surface area contributed by atoms with Gasteiger partial charge in [0.25, 0.3) is 0 Å². The number of amides is 2. The minimum Gasteiger partial charge on any atom is -0.350 e. The molecule has 5 rings (SSSR count). The molecular weight excluding hydrogens is 408 g/mol. The summed E-state index contributed by atoms with van der Waals surface area (Å²) >= 11 is 0. The highest BCUT2D eigenvalue weighted by atomic mass is 16.2. The quantitative estimate of drug-likeness (QED) is 0.580. The molecule has 1 N–H and O–H groups in total. The van der Waals surface area contributed by atoms with Crippen LogP contribution in [0.1, 0.15) is 43.2 Å². The first-order valence-electron chi connectivity index (χ1n) is 11.9. The van der Waals surface area contributed by atoms with Crippen molar-refractivity contribution in [1.82, 2.24) is 10.2 Å². The van der Waals surface area contributed by atoms with Crippen LogP contribution in [0.25, 0.3) is 16.3 Å². The summed E-state index contributed by atoms with van der Waals surface area (Å²) < 4.78 is 0. The SMILES string of the molecule is O=C1CCC(CCC(=O)N2CC=C(c3ccccc3)CC2)(Cc2ccc3ccccc3c2)N1. The van der Waals surface area contributed by atoms with Gasteiger partial charge < -0.3 is 10.2 Å². The van der Waals surface area contributed by atoms with E-state index < -0.39 is 0 Å². The fourth-order valence-corrected chi connectivity index (χ4v) is 5.24. The van der Waals surface area contributed by atoms with Crippen LogP contribution in [0.15, 0.2) is 78.9 Å². The summed E-state index contributed by atoms with van der Waals surface area (Å²) in [5.41, 5.74) is 3.43. The van der Waals surface area contributed by atoms with Gasteiger partial charge in [0.05, 0.1) is 0 Å². The molecule has 0 aliphatic carbocycles. The number of hydrogen-bond donors (Lipinski definition) is 1. The van der Waals surface area contributed by atoms with Crippen molar-refractivity contribution in [2.75, 3.05) is 13.1 Å². The Labute approximate surface area is 195 Å². The molecule has 1 atom stereocenters. The predicted molar refractivity (Wildman–Crippen MR) is 133 cm³/mol. The summed E-state index contributed by atoms with van der Waals surface area (Å²) in [4.78, 5) is 27.1. The molecule has 33 heavy (non-hydrogen) atoms. The van der Waals surface area contributed by atoms with Gasteiger partial charge in [-0.25, -0.2) is 0 Å². The van der Waals surface area contributed by atoms with E-state index in [9.17, 15) is 9.59 Å². The highest BCUT2D eigenvalue weighted by Crippen LogP contribution is 2.31. The molecule has 4 nitrogen and oxygen atoms in total. The first kappa shape index (κ1) is 21.4. The van der Waals surface area contributed by atoms with Gasteiger partial charge in [-0.05, 0) is 53.2 Å². The summed E-state index contributed by atoms with van der Waals surface area (Å²) in [5.74, 6) is 0.272. The fourth-order valence-electron chi connectivity index (χ4n) is 5.24. The average Bonchev–Trinajstić information content (AvgIpc) is 3.23. The molecule has 4 heteroatoms. The van der Waals surface area contributed by atoms with Crippen LogP contribution in [0.3, 0.4) is 0 Å². The van der Waals surface area contributed by atoms with Crippen LogP contribution in [0.2, 0.25) is 0 Å². The van der Waals surface area contributed by atoms with Crippen molar-refractivity contribution in [2.24, 2.45) is 0 Å². The number of nitrogens with one attached hydrogen (secondary N) is 1. The van der Waals surface area contributed by atoms with E-state index in [4.69, 9.17) is 0 Å². The van der Waals surface area contributed by atoms with Crippen LogP contribution in [0.4, 0.5) is 0 Å². The number of fused-ring (bicyclic) bond motifs is 1. The molecule has 0 spiro atoms. The minimum absolute atomic E-state index is 0.0941. The lowest BCUT2D eigenvalue weighted by Gasteiger charge is -2.32. The standard InChI is InChI=1S/C29H30N2O2/c32-27-12-16-29(30-27,21-22-10-11-24-8-4-5-9-26(24)20-22)17-13-28(33)31-18-14-25(15-19-31)23-6-2-1-3-7-23/h1-11,14,20H,12-13,15-19,21H2,(H,30,32). The van der Waals surface area contributed by atoms with Gasteiger partial charge in [-0.1, -0.05) is 78.9 Å². The highest BCUT2D eigenvalue weighted by Gasteiger charge is 2.38. The normalized spacial score (nSPS) is 20.5. The maximum absolute atomic E-state index is 13.0. The maximum atomic E-state index is 13.0. The number of hydrogen-bond acceptors (Lipinski definition) is 2. The van der Waals surface area contributed by atoms with E-state index in [0.29, 0.717) is 25.8 Å². The molecule has 2 aliphatic heterocycles. The molecule has 2 aliphatic rings. The predicted octanol–water partition coefficient (Wildman–Crippen LogP) is 5.13. The van der Waals surface area contributed by atoms with Gasteiger partial charge in [0.1, 0.15) is 0 Å². The lowest BCUT2D eigenvalue weighted by atomic mass is 9.84. The molecular formula is C29H30N2O2. The van der Waals surface area contributed by atoms with Gasteiger partial charge in [0, 0.05) is 31.5 Å². The first-order chi connectivity index (χ1) is 16.1. The Bertz CT molecular complexity index is 1200. The van der Waals surface area contributed by atoms with Crippen LogP contribution in [0.5, 0.6) is 0 Å². The van der Waals surface area contributed by atoms with Crippen LogP contribution >= 0.6 is 0 Å². The molecule has 0 aromatic heterocycles. The number of benzene rings is 3. The number of carbonyl (C=O) groups is 2. The summed E-state index contributed by atoms with van der Waals surface area (Å²) in [7, 11) is 0. The molecule has 0 bridgehead atoms. The maximum Gasteiger partial charge on any atom is 0.222 e. The third-order valence-corrected chi connectivity index (χ3v) is 7.12. The summed E-state index contributed by atoms with van der Waals surface area (Å²) in [6.07, 6.45) is 6.28. The number of nitrogens with zero attached hydrogens (tertiary/aromatic N) is 1. The van der Waals surface area contributed by atoms with E-state index in [-0.39, 0.29) is 17.4 Å². The zero-order valence-corrected chi connectivity index (χ0v) is 18.9. The third kappa shape index (κ3) is 4.85. The van der Waals surface area contributed by atoms with Crippen molar-refractivity contribution < 1.29 is 9.59 Å². The highest BCUT2D eigenvalue weighted by molar-refractivity contribution is 5.83. The van der Waals surface area contributed by atoms with Crippen molar-refractivity contribution >= 4 is 28.2 Å². The lowest BCUT2D eigenvalue weighted by molar-refractivity contribution is -0.131. The smallest absolute Gasteiger partial charge is 0.222 e. The van der Waals surface area contributed by atoms with Crippen LogP contribution < -0.4 is 5.32 Å². The van der Waals surface area contributed by atoms with Crippen molar-refractivity contribution in [2.45, 2.75) is 44.1 Å². The largest absolute Gasteiger partial charge is 0.350 e. The Hall–Kier alpha value is -3.40. The topological polar surface area (TPSA) is 49.4 Å². The second-order valence-corrected chi connectivity index (χ2v) is 9.37. The Morgan fingerprint density at radius 3 is 2.45 bits per heavy atom. The van der Waals surface area contributed by atoms with Gasteiger partial charge in [-0.15, -0.1) is 0 Å². The summed E-state index contributed by atoms with van der Waals surface area (Å²) in [6, 6.07) is 25.2. The molecule has 3 aromatic rings. The van der Waals surface area contributed by atoms with E-state index in [0.717, 1.165) is 25.8 Å². The zero-order chi connectivity index (χ0) is 22.7. The van der Waals surface area contributed by atoms with Crippen molar-refractivity contribution in [1.29, 1.82) is 0 Å². The monoisotopic (exact) mass is 438 g/mol. The van der Waals surface area contributed by atoms with Gasteiger partial charge in [0.15, 0.2) is 0 Å². The molecule has 1 saturated heterocycles. The molecule has 3 aromatic carbocycles. The number of carbonyl (C=O) groups excluding carboxylic acids is 2. The van der Waals surface area contributed by atoms with Gasteiger partial charge in [-0.3, -0.25) is 9.59 Å². The van der Waals surface area contributed by atoms with Gasteiger partial charge in [0.2, 0.25) is 11.8 Å². The van der Waals surface area contributed by atoms with Gasteiger partial charge >= 0.3 is 0 Å². The lowest BCUT2D eigenvalue weighted by Crippen LogP contribution is -2.45. The average molecular weight is 439 g/mol. The Morgan fingerprint density at radius 2 is 1.73 bits per heavy atom. The second-order valence-electron chi connectivity index (χ2n) is 9.37. The zero-order valence-electron chi connectivity index (χ0n) is 18.9. The minimum atomic E-state index is -0.337. The molecule has 2 heterocycles. The number of rotatable bonds is 6. The van der Waals surface area contributed by atoms with E-state index in [1.165, 1.54) is 27.5 Å². The van der Waals surface area contributed by atoms with Crippen LogP contribution in [-0.2, 0) is 16.0 Å². The summed E-state index contributed by atoms with van der Waals surface area (Å²) in [6.45, 7) is 1.41. The van der Waals surface area contributed by atoms with Crippen molar-refractivity contribution in [3.8, 4) is 0 Å². The van der Waals surface area contributed by atoms with E-state index >= 15 is 0 Å². The Morgan fingerprint density at radius 1 is 0.939 bits per heavy atom. The Kier molecular flexibility index (Phi) is 5.99. The van der Waals surface area contributed by atoms with E-state index in [2.05, 4.69) is 66.0 Å². The molecule has 168 valence electrons. The molecule has 1 unspecified atom stereocenters.